The van der Waals surface area contributed by atoms with Crippen LogP contribution in [0.15, 0.2) is 18.3 Å². The fraction of sp³-hybridized carbons (Fsp3) is 0.611. The maximum absolute atomic E-state index is 13.3. The highest BCUT2D eigenvalue weighted by Crippen LogP contribution is 2.49. The number of hydrogen-bond donors (Lipinski definition) is 1. The van der Waals surface area contributed by atoms with Crippen LogP contribution in [-0.2, 0) is 9.53 Å². The van der Waals surface area contributed by atoms with Crippen LogP contribution >= 0.6 is 0 Å². The molecule has 2 N–H and O–H groups in total. The normalized spacial score (nSPS) is 27.6. The van der Waals surface area contributed by atoms with Gasteiger partial charge in [0, 0.05) is 19.2 Å². The molecule has 1 spiro atoms. The van der Waals surface area contributed by atoms with Gasteiger partial charge in [0.25, 0.3) is 5.91 Å². The predicted octanol–water partition coefficient (Wildman–Crippen LogP) is 1.51. The summed E-state index contributed by atoms with van der Waals surface area (Å²) in [5, 5.41) is 0. The quantitative estimate of drug-likeness (QED) is 0.891. The van der Waals surface area contributed by atoms with Crippen LogP contribution < -0.4 is 10.5 Å². The number of nitrogens with two attached hydrogens (primary N) is 1. The number of carbonyl (C=O) groups excluding carboxylic acids is 2. The van der Waals surface area contributed by atoms with E-state index >= 15 is 0 Å². The highest BCUT2D eigenvalue weighted by molar-refractivity contribution is 5.97. The molecule has 2 saturated heterocycles. The molecule has 1 aromatic heterocycles. The van der Waals surface area contributed by atoms with E-state index in [1.165, 1.54) is 7.11 Å². The molecule has 25 heavy (non-hydrogen) atoms. The Morgan fingerprint density at radius 3 is 2.92 bits per heavy atom. The first-order chi connectivity index (χ1) is 11.8. The Hall–Kier alpha value is -2.15. The summed E-state index contributed by atoms with van der Waals surface area (Å²) in [5.74, 6) is -0.252. The second-order valence-electron chi connectivity index (χ2n) is 7.44. The van der Waals surface area contributed by atoms with E-state index in [-0.39, 0.29) is 12.3 Å². The third-order valence-electron chi connectivity index (χ3n) is 5.15. The lowest BCUT2D eigenvalue weighted by Gasteiger charge is -2.38. The average molecular weight is 347 g/mol. The highest BCUT2D eigenvalue weighted by Gasteiger charge is 2.58. The molecule has 0 saturated carbocycles. The topological polar surface area (TPSA) is 94.8 Å². The number of primary amides is 1. The third kappa shape index (κ3) is 3.08. The summed E-state index contributed by atoms with van der Waals surface area (Å²) in [5.41, 5.74) is 4.93. The van der Waals surface area contributed by atoms with Crippen molar-refractivity contribution in [3.63, 3.8) is 0 Å². The molecule has 1 aromatic rings. The van der Waals surface area contributed by atoms with Crippen LogP contribution in [0.25, 0.3) is 0 Å². The van der Waals surface area contributed by atoms with Gasteiger partial charge in [0.15, 0.2) is 0 Å². The molecule has 2 aliphatic rings. The summed E-state index contributed by atoms with van der Waals surface area (Å²) < 4.78 is 11.4. The molecular weight excluding hydrogens is 322 g/mol. The summed E-state index contributed by atoms with van der Waals surface area (Å²) in [6.07, 6.45) is 3.64. The lowest BCUT2D eigenvalue weighted by Crippen LogP contribution is -2.53. The van der Waals surface area contributed by atoms with Crippen LogP contribution in [0, 0.1) is 0 Å². The van der Waals surface area contributed by atoms with Crippen molar-refractivity contribution in [2.75, 3.05) is 13.7 Å². The zero-order valence-corrected chi connectivity index (χ0v) is 14.9. The van der Waals surface area contributed by atoms with Gasteiger partial charge < -0.3 is 20.1 Å². The smallest absolute Gasteiger partial charge is 0.259 e. The molecule has 0 radical (unpaired) electrons. The first-order valence-electron chi connectivity index (χ1n) is 8.56. The van der Waals surface area contributed by atoms with Crippen molar-refractivity contribution in [1.29, 1.82) is 0 Å². The van der Waals surface area contributed by atoms with E-state index in [1.807, 2.05) is 18.7 Å². The summed E-state index contributed by atoms with van der Waals surface area (Å²) in [4.78, 5) is 30.8. The van der Waals surface area contributed by atoms with Gasteiger partial charge in [-0.1, -0.05) is 0 Å². The fourth-order valence-corrected chi connectivity index (χ4v) is 4.39. The first kappa shape index (κ1) is 17.7. The number of hydrogen-bond acceptors (Lipinski definition) is 5. The third-order valence-corrected chi connectivity index (χ3v) is 5.15. The van der Waals surface area contributed by atoms with Crippen LogP contribution in [0.5, 0.6) is 5.88 Å². The minimum atomic E-state index is -0.517. The maximum Gasteiger partial charge on any atom is 0.259 e. The molecule has 0 bridgehead atoms. The van der Waals surface area contributed by atoms with Crippen LogP contribution in [0.2, 0.25) is 0 Å². The molecule has 136 valence electrons. The number of nitrogens with zero attached hydrogens (tertiary/aromatic N) is 2. The number of carbonyl (C=O) groups is 2. The van der Waals surface area contributed by atoms with E-state index in [2.05, 4.69) is 4.98 Å². The molecule has 7 heteroatoms. The Kier molecular flexibility index (Phi) is 4.45. The fourth-order valence-electron chi connectivity index (χ4n) is 4.39. The Balaban J connectivity index is 1.98. The monoisotopic (exact) mass is 347 g/mol. The van der Waals surface area contributed by atoms with Crippen molar-refractivity contribution in [2.24, 2.45) is 5.73 Å². The number of likely N-dealkylation sites (tertiary alicyclic amines) is 1. The number of amides is 2. The standard InChI is InChI=1S/C18H25N3O4/c1-17(2)11-18(13(25-17)10-14(19)22)7-5-9-21(18)16(23)12-6-4-8-20-15(12)24-3/h4,6,8,13H,5,7,9-11H2,1-3H3,(H2,19,22)/t13-,18+/m0/s1. The van der Waals surface area contributed by atoms with Crippen molar-refractivity contribution in [3.8, 4) is 5.88 Å². The highest BCUT2D eigenvalue weighted by atomic mass is 16.5. The Labute approximate surface area is 147 Å². The summed E-state index contributed by atoms with van der Waals surface area (Å²) >= 11 is 0. The molecule has 3 rings (SSSR count). The van der Waals surface area contributed by atoms with Gasteiger partial charge in [-0.05, 0) is 38.8 Å². The molecule has 2 fully saturated rings. The molecule has 2 aliphatic heterocycles. The largest absolute Gasteiger partial charge is 0.480 e. The molecule has 0 aromatic carbocycles. The van der Waals surface area contributed by atoms with Gasteiger partial charge in [0.1, 0.15) is 5.56 Å². The minimum absolute atomic E-state index is 0.109. The second-order valence-corrected chi connectivity index (χ2v) is 7.44. The van der Waals surface area contributed by atoms with Gasteiger partial charge in [-0.15, -0.1) is 0 Å². The molecule has 0 aliphatic carbocycles. The number of ether oxygens (including phenoxy) is 2. The summed E-state index contributed by atoms with van der Waals surface area (Å²) in [7, 11) is 1.50. The number of methoxy groups -OCH3 is 1. The second kappa shape index (κ2) is 6.29. The van der Waals surface area contributed by atoms with Gasteiger partial charge in [0.2, 0.25) is 11.8 Å². The van der Waals surface area contributed by atoms with Crippen molar-refractivity contribution in [3.05, 3.63) is 23.9 Å². The Morgan fingerprint density at radius 2 is 2.24 bits per heavy atom. The van der Waals surface area contributed by atoms with Crippen molar-refractivity contribution >= 4 is 11.8 Å². The number of rotatable bonds is 4. The summed E-state index contributed by atoms with van der Waals surface area (Å²) in [6, 6.07) is 3.43. The van der Waals surface area contributed by atoms with E-state index in [4.69, 9.17) is 15.2 Å². The van der Waals surface area contributed by atoms with E-state index in [0.29, 0.717) is 24.4 Å². The van der Waals surface area contributed by atoms with Crippen LogP contribution in [0.3, 0.4) is 0 Å². The molecule has 2 atom stereocenters. The predicted molar refractivity (Wildman–Crippen MR) is 91.2 cm³/mol. The maximum atomic E-state index is 13.3. The summed E-state index contributed by atoms with van der Waals surface area (Å²) in [6.45, 7) is 4.59. The van der Waals surface area contributed by atoms with Gasteiger partial charge in [-0.25, -0.2) is 4.98 Å². The van der Waals surface area contributed by atoms with E-state index in [0.717, 1.165) is 12.8 Å². The van der Waals surface area contributed by atoms with Gasteiger partial charge in [0.05, 0.1) is 30.8 Å². The minimum Gasteiger partial charge on any atom is -0.480 e. The van der Waals surface area contributed by atoms with E-state index < -0.39 is 23.2 Å². The SMILES string of the molecule is COc1ncccc1C(=O)N1CCC[C@]12CC(C)(C)O[C@H]2CC(N)=O. The van der Waals surface area contributed by atoms with Crippen molar-refractivity contribution in [1.82, 2.24) is 9.88 Å². The van der Waals surface area contributed by atoms with E-state index in [1.54, 1.807) is 18.3 Å². The van der Waals surface area contributed by atoms with Gasteiger partial charge in [-0.3, -0.25) is 9.59 Å². The zero-order valence-electron chi connectivity index (χ0n) is 14.9. The lowest BCUT2D eigenvalue weighted by atomic mass is 9.82. The van der Waals surface area contributed by atoms with Crippen molar-refractivity contribution < 1.29 is 19.1 Å². The van der Waals surface area contributed by atoms with Crippen LogP contribution in [-0.4, -0.2) is 52.6 Å². The molecule has 7 nitrogen and oxygen atoms in total. The van der Waals surface area contributed by atoms with Gasteiger partial charge in [-0.2, -0.15) is 0 Å². The first-order valence-corrected chi connectivity index (χ1v) is 8.56. The van der Waals surface area contributed by atoms with Crippen LogP contribution in [0.1, 0.15) is 49.9 Å². The molecule has 2 amide bonds. The van der Waals surface area contributed by atoms with Crippen LogP contribution in [0.4, 0.5) is 0 Å². The Morgan fingerprint density at radius 1 is 1.48 bits per heavy atom. The average Bonchev–Trinajstić information content (AvgIpc) is 3.07. The molecular formula is C18H25N3O4. The van der Waals surface area contributed by atoms with E-state index in [9.17, 15) is 9.59 Å². The zero-order chi connectivity index (χ0) is 18.2. The Bertz CT molecular complexity index is 691. The number of pyridine rings is 1. The lowest BCUT2D eigenvalue weighted by molar-refractivity contribution is -0.123. The molecule has 0 unspecified atom stereocenters. The van der Waals surface area contributed by atoms with Gasteiger partial charge >= 0.3 is 0 Å². The van der Waals surface area contributed by atoms with Crippen molar-refractivity contribution in [2.45, 2.75) is 56.8 Å². The number of aromatic nitrogens is 1. The molecule has 3 heterocycles.